The lowest BCUT2D eigenvalue weighted by molar-refractivity contribution is -0.149. The molecule has 0 unspecified atom stereocenters. The van der Waals surface area contributed by atoms with Crippen molar-refractivity contribution < 1.29 is 22.0 Å². The molecule has 1 aromatic carbocycles. The van der Waals surface area contributed by atoms with E-state index in [1.54, 1.807) is 0 Å². The van der Waals surface area contributed by atoms with E-state index >= 15 is 0 Å². The number of benzene rings is 1. The van der Waals surface area contributed by atoms with Crippen molar-refractivity contribution in [2.45, 2.75) is 12.2 Å². The highest BCUT2D eigenvalue weighted by Gasteiger charge is 2.39. The van der Waals surface area contributed by atoms with Crippen molar-refractivity contribution in [3.8, 4) is 0 Å². The van der Waals surface area contributed by atoms with Gasteiger partial charge in [-0.15, -0.1) is 12.4 Å². The van der Waals surface area contributed by atoms with Gasteiger partial charge >= 0.3 is 6.18 Å². The van der Waals surface area contributed by atoms with Crippen molar-refractivity contribution in [3.05, 3.63) is 35.4 Å². The Morgan fingerprint density at radius 1 is 1.13 bits per heavy atom. The Hall–Kier alpha value is -0.880. The molecule has 0 saturated carbocycles. The molecule has 15 heavy (non-hydrogen) atoms. The monoisotopic (exact) mass is 247 g/mol. The third-order valence-corrected chi connectivity index (χ3v) is 1.65. The van der Waals surface area contributed by atoms with Crippen molar-refractivity contribution in [1.82, 2.24) is 0 Å². The average Bonchev–Trinajstić information content (AvgIpc) is 2.01. The van der Waals surface area contributed by atoms with Gasteiger partial charge in [0.05, 0.1) is 0 Å². The fourth-order valence-corrected chi connectivity index (χ4v) is 0.930. The topological polar surface area (TPSA) is 26.0 Å². The first-order chi connectivity index (χ1) is 6.32. The highest BCUT2D eigenvalue weighted by Crippen LogP contribution is 2.31. The van der Waals surface area contributed by atoms with Gasteiger partial charge in [-0.1, -0.05) is 6.07 Å². The van der Waals surface area contributed by atoms with Crippen LogP contribution in [-0.4, -0.2) is 6.18 Å². The summed E-state index contributed by atoms with van der Waals surface area (Å²) in [5.74, 6) is -2.24. The molecule has 0 amide bonds. The molecule has 1 nitrogen and oxygen atoms in total. The van der Waals surface area contributed by atoms with Crippen LogP contribution >= 0.6 is 12.4 Å². The van der Waals surface area contributed by atoms with E-state index in [-0.39, 0.29) is 12.4 Å². The summed E-state index contributed by atoms with van der Waals surface area (Å²) >= 11 is 0. The highest BCUT2D eigenvalue weighted by molar-refractivity contribution is 5.85. The molecule has 0 bridgehead atoms. The first kappa shape index (κ1) is 14.1. The first-order valence-corrected chi connectivity index (χ1v) is 3.59. The summed E-state index contributed by atoms with van der Waals surface area (Å²) in [6, 6.07) is -0.656. The summed E-state index contributed by atoms with van der Waals surface area (Å²) < 4.78 is 61.2. The van der Waals surface area contributed by atoms with E-state index in [1.807, 2.05) is 0 Å². The van der Waals surface area contributed by atoms with Crippen molar-refractivity contribution >= 4 is 12.4 Å². The second-order valence-electron chi connectivity index (χ2n) is 2.69. The van der Waals surface area contributed by atoms with E-state index in [0.29, 0.717) is 12.1 Å². The van der Waals surface area contributed by atoms with Crippen LogP contribution in [0.4, 0.5) is 22.0 Å². The standard InChI is InChI=1S/C8H6F5N.ClH/c9-4-1-2-5(6(10)3-4)7(14)8(11,12)13;/h1-3,7H,14H2;1H/t7-;/m1./s1. The second-order valence-corrected chi connectivity index (χ2v) is 2.69. The molecule has 0 aliphatic heterocycles. The zero-order valence-electron chi connectivity index (χ0n) is 7.18. The summed E-state index contributed by atoms with van der Waals surface area (Å²) in [7, 11) is 0. The van der Waals surface area contributed by atoms with Crippen molar-refractivity contribution in [2.24, 2.45) is 5.73 Å². The number of halogens is 6. The number of hydrogen-bond acceptors (Lipinski definition) is 1. The molecule has 0 spiro atoms. The number of alkyl halides is 3. The SMILES string of the molecule is Cl.N[C@H](c1ccc(F)cc1F)C(F)(F)F. The average molecular weight is 248 g/mol. The van der Waals surface area contributed by atoms with Gasteiger partial charge in [-0.25, -0.2) is 8.78 Å². The second kappa shape index (κ2) is 4.76. The molecule has 1 rings (SSSR count). The van der Waals surface area contributed by atoms with Crippen molar-refractivity contribution in [2.75, 3.05) is 0 Å². The van der Waals surface area contributed by atoms with E-state index in [4.69, 9.17) is 5.73 Å². The van der Waals surface area contributed by atoms with Crippen LogP contribution in [0.15, 0.2) is 18.2 Å². The first-order valence-electron chi connectivity index (χ1n) is 3.59. The lowest BCUT2D eigenvalue weighted by Gasteiger charge is -2.16. The van der Waals surface area contributed by atoms with Crippen LogP contribution < -0.4 is 5.73 Å². The summed E-state index contributed by atoms with van der Waals surface area (Å²) in [5.41, 5.74) is 3.97. The smallest absolute Gasteiger partial charge is 0.316 e. The maximum atomic E-state index is 12.8. The summed E-state index contributed by atoms with van der Waals surface area (Å²) in [6.45, 7) is 0. The Morgan fingerprint density at radius 3 is 2.07 bits per heavy atom. The van der Waals surface area contributed by atoms with Crippen LogP contribution in [0.5, 0.6) is 0 Å². The summed E-state index contributed by atoms with van der Waals surface area (Å²) in [4.78, 5) is 0. The van der Waals surface area contributed by atoms with Gasteiger partial charge in [-0.2, -0.15) is 13.2 Å². The number of nitrogens with two attached hydrogens (primary N) is 1. The Bertz CT molecular complexity index is 338. The predicted octanol–water partition coefficient (Wildman–Crippen LogP) is 2.95. The van der Waals surface area contributed by atoms with Gasteiger partial charge in [-0.3, -0.25) is 0 Å². The lowest BCUT2D eigenvalue weighted by Crippen LogP contribution is -2.29. The van der Waals surface area contributed by atoms with Crippen LogP contribution in [0.3, 0.4) is 0 Å². The van der Waals surface area contributed by atoms with Gasteiger partial charge in [-0.05, 0) is 6.07 Å². The zero-order valence-corrected chi connectivity index (χ0v) is 8.00. The molecule has 86 valence electrons. The predicted molar refractivity (Wildman–Crippen MR) is 46.6 cm³/mol. The Labute approximate surface area is 88.5 Å². The fourth-order valence-electron chi connectivity index (χ4n) is 0.930. The lowest BCUT2D eigenvalue weighted by atomic mass is 10.1. The molecule has 0 heterocycles. The van der Waals surface area contributed by atoms with E-state index in [2.05, 4.69) is 0 Å². The Morgan fingerprint density at radius 2 is 1.67 bits per heavy atom. The molecule has 0 fully saturated rings. The zero-order chi connectivity index (χ0) is 10.9. The third-order valence-electron chi connectivity index (χ3n) is 1.65. The molecule has 7 heteroatoms. The molecule has 0 aliphatic rings. The largest absolute Gasteiger partial charge is 0.407 e. The molecule has 0 aromatic heterocycles. The van der Waals surface area contributed by atoms with Gasteiger partial charge in [0.15, 0.2) is 0 Å². The molecule has 0 aliphatic carbocycles. The van der Waals surface area contributed by atoms with Crippen molar-refractivity contribution in [1.29, 1.82) is 0 Å². The minimum Gasteiger partial charge on any atom is -0.316 e. The maximum Gasteiger partial charge on any atom is 0.407 e. The van der Waals surface area contributed by atoms with Crippen LogP contribution in [0.1, 0.15) is 11.6 Å². The normalized spacial score (nSPS) is 13.2. The number of hydrogen-bond donors (Lipinski definition) is 1. The minimum absolute atomic E-state index is 0. The van der Waals surface area contributed by atoms with Gasteiger partial charge in [0.2, 0.25) is 0 Å². The summed E-state index contributed by atoms with van der Waals surface area (Å²) in [6.07, 6.45) is -4.74. The molecule has 0 saturated heterocycles. The molecule has 1 aromatic rings. The summed E-state index contributed by atoms with van der Waals surface area (Å²) in [5, 5.41) is 0. The molecule has 2 N–H and O–H groups in total. The van der Waals surface area contributed by atoms with Gasteiger partial charge in [0, 0.05) is 11.6 Å². The van der Waals surface area contributed by atoms with Gasteiger partial charge < -0.3 is 5.73 Å². The van der Waals surface area contributed by atoms with Crippen LogP contribution in [-0.2, 0) is 0 Å². The van der Waals surface area contributed by atoms with E-state index in [1.165, 1.54) is 0 Å². The van der Waals surface area contributed by atoms with Gasteiger partial charge in [0.25, 0.3) is 0 Å². The minimum atomic E-state index is -4.74. The van der Waals surface area contributed by atoms with E-state index in [0.717, 1.165) is 6.07 Å². The molecular weight excluding hydrogens is 241 g/mol. The Kier molecular flexibility index (Phi) is 4.48. The van der Waals surface area contributed by atoms with E-state index in [9.17, 15) is 22.0 Å². The Balaban J connectivity index is 0.00000196. The highest BCUT2D eigenvalue weighted by atomic mass is 35.5. The van der Waals surface area contributed by atoms with Crippen molar-refractivity contribution in [3.63, 3.8) is 0 Å². The fraction of sp³-hybridized carbons (Fsp3) is 0.250. The molecule has 1 atom stereocenters. The van der Waals surface area contributed by atoms with Crippen LogP contribution in [0.2, 0.25) is 0 Å². The molecular formula is C8H7ClF5N. The van der Waals surface area contributed by atoms with Crippen LogP contribution in [0, 0.1) is 11.6 Å². The molecule has 0 radical (unpaired) electrons. The number of rotatable bonds is 1. The maximum absolute atomic E-state index is 12.8. The van der Waals surface area contributed by atoms with Gasteiger partial charge in [0.1, 0.15) is 17.7 Å². The quantitative estimate of drug-likeness (QED) is 0.759. The third kappa shape index (κ3) is 3.32. The van der Waals surface area contributed by atoms with Crippen LogP contribution in [0.25, 0.3) is 0 Å². The van der Waals surface area contributed by atoms with E-state index < -0.39 is 29.4 Å².